The number of nitrogens with zero attached hydrogens (tertiary/aromatic N) is 1. The highest BCUT2D eigenvalue weighted by Gasteiger charge is 2.48. The molecule has 176 valence electrons. The van der Waals surface area contributed by atoms with E-state index in [9.17, 15) is 4.79 Å². The summed E-state index contributed by atoms with van der Waals surface area (Å²) in [7, 11) is 2.15. The summed E-state index contributed by atoms with van der Waals surface area (Å²) in [6, 6.07) is 40.9. The van der Waals surface area contributed by atoms with Gasteiger partial charge in [-0.15, -0.1) is 0 Å². The second kappa shape index (κ2) is 10.3. The lowest BCUT2D eigenvalue weighted by Crippen LogP contribution is -2.56. The van der Waals surface area contributed by atoms with Gasteiger partial charge in [0.05, 0.1) is 5.41 Å². The van der Waals surface area contributed by atoms with Crippen LogP contribution in [0.3, 0.4) is 0 Å². The number of rotatable bonds is 6. The van der Waals surface area contributed by atoms with Crippen LogP contribution in [-0.2, 0) is 14.9 Å². The minimum Gasteiger partial charge on any atom is -0.460 e. The van der Waals surface area contributed by atoms with Gasteiger partial charge in [0.15, 0.2) is 0 Å². The van der Waals surface area contributed by atoms with E-state index < -0.39 is 11.3 Å². The predicted molar refractivity (Wildman–Crippen MR) is 140 cm³/mol. The zero-order chi connectivity index (χ0) is 24.1. The number of hydrogen-bond acceptors (Lipinski definition) is 3. The zero-order valence-electron chi connectivity index (χ0n) is 20.1. The molecule has 0 radical (unpaired) electrons. The maximum absolute atomic E-state index is 14.0. The van der Waals surface area contributed by atoms with Gasteiger partial charge in [0.25, 0.3) is 0 Å². The highest BCUT2D eigenvalue weighted by Crippen LogP contribution is 2.42. The number of benzene rings is 4. The van der Waals surface area contributed by atoms with Gasteiger partial charge in [-0.25, -0.2) is 0 Å². The first-order valence-electron chi connectivity index (χ1n) is 12.3. The molecule has 1 saturated heterocycles. The minimum absolute atomic E-state index is 0.201. The molecule has 4 aromatic rings. The third kappa shape index (κ3) is 4.65. The summed E-state index contributed by atoms with van der Waals surface area (Å²) in [5, 5.41) is 0. The normalized spacial score (nSPS) is 17.7. The van der Waals surface area contributed by atoms with Gasteiger partial charge in [-0.1, -0.05) is 121 Å². The van der Waals surface area contributed by atoms with Gasteiger partial charge < -0.3 is 9.64 Å². The Bertz CT molecular complexity index is 1150. The van der Waals surface area contributed by atoms with Crippen LogP contribution in [0.2, 0.25) is 0 Å². The van der Waals surface area contributed by atoms with Crippen molar-refractivity contribution in [2.24, 2.45) is 0 Å². The highest BCUT2D eigenvalue weighted by molar-refractivity contribution is 5.82. The fourth-order valence-electron chi connectivity index (χ4n) is 5.51. The summed E-state index contributed by atoms with van der Waals surface area (Å²) >= 11 is 0. The Balaban J connectivity index is 1.58. The Morgan fingerprint density at radius 1 is 0.743 bits per heavy atom. The van der Waals surface area contributed by atoms with E-state index in [1.54, 1.807) is 0 Å². The van der Waals surface area contributed by atoms with Crippen LogP contribution in [0.4, 0.5) is 0 Å². The van der Waals surface area contributed by atoms with Gasteiger partial charge in [-0.2, -0.15) is 0 Å². The molecule has 0 amide bonds. The van der Waals surface area contributed by atoms with Gasteiger partial charge in [-0.3, -0.25) is 4.79 Å². The van der Waals surface area contributed by atoms with E-state index in [2.05, 4.69) is 60.5 Å². The summed E-state index contributed by atoms with van der Waals surface area (Å²) in [5.74, 6) is -0.672. The Kier molecular flexibility index (Phi) is 6.78. The van der Waals surface area contributed by atoms with Gasteiger partial charge in [-0.05, 0) is 35.7 Å². The lowest BCUT2D eigenvalue weighted by molar-refractivity contribution is -0.155. The first kappa shape index (κ1) is 23.1. The average Bonchev–Trinajstić information content (AvgIpc) is 2.92. The first-order valence-corrected chi connectivity index (χ1v) is 12.3. The van der Waals surface area contributed by atoms with E-state index in [0.29, 0.717) is 0 Å². The third-order valence-corrected chi connectivity index (χ3v) is 7.18. The summed E-state index contributed by atoms with van der Waals surface area (Å²) in [4.78, 5) is 16.4. The molecule has 1 aliphatic rings. The summed E-state index contributed by atoms with van der Waals surface area (Å²) in [5.41, 5.74) is 3.78. The topological polar surface area (TPSA) is 29.5 Å². The predicted octanol–water partition coefficient (Wildman–Crippen LogP) is 6.05. The van der Waals surface area contributed by atoms with Crippen molar-refractivity contribution in [1.82, 2.24) is 4.90 Å². The molecular formula is C32H31NO2. The molecule has 1 atom stereocenters. The summed E-state index contributed by atoms with van der Waals surface area (Å²) in [6.45, 7) is 1.65. The van der Waals surface area contributed by atoms with Crippen LogP contribution in [0.25, 0.3) is 0 Å². The molecule has 1 heterocycles. The van der Waals surface area contributed by atoms with Crippen molar-refractivity contribution in [1.29, 1.82) is 0 Å². The molecule has 0 unspecified atom stereocenters. The SMILES string of the molecule is CN1CC[C@H](OC(=O)C(c2ccccc2)c2ccccc2)C(c2ccccc2)(c2ccccc2)C1. The van der Waals surface area contributed by atoms with Crippen molar-refractivity contribution in [3.8, 4) is 0 Å². The van der Waals surface area contributed by atoms with E-state index >= 15 is 0 Å². The number of carbonyl (C=O) groups is 1. The lowest BCUT2D eigenvalue weighted by atomic mass is 9.67. The molecule has 0 bridgehead atoms. The zero-order valence-corrected chi connectivity index (χ0v) is 20.1. The van der Waals surface area contributed by atoms with E-state index in [4.69, 9.17) is 4.74 Å². The fourth-order valence-corrected chi connectivity index (χ4v) is 5.51. The van der Waals surface area contributed by atoms with Crippen molar-refractivity contribution in [2.75, 3.05) is 20.1 Å². The van der Waals surface area contributed by atoms with Crippen LogP contribution in [0.1, 0.15) is 34.6 Å². The number of piperidine rings is 1. The molecule has 0 N–H and O–H groups in total. The standard InChI is InChI=1S/C32H31NO2/c1-33-23-22-29(32(24-33,27-18-10-4-11-19-27)28-20-12-5-13-21-28)35-31(34)30(25-14-6-2-7-15-25)26-16-8-3-9-17-26/h2-21,29-30H,22-24H2,1H3/t29-/m0/s1. The maximum Gasteiger partial charge on any atom is 0.318 e. The molecule has 0 spiro atoms. The molecule has 0 saturated carbocycles. The summed E-state index contributed by atoms with van der Waals surface area (Å²) in [6.07, 6.45) is 0.480. The van der Waals surface area contributed by atoms with Crippen molar-refractivity contribution in [3.05, 3.63) is 144 Å². The number of hydrogen-bond donors (Lipinski definition) is 0. The highest BCUT2D eigenvalue weighted by atomic mass is 16.5. The number of likely N-dealkylation sites (N-methyl/N-ethyl adjacent to an activating group) is 1. The fraction of sp³-hybridized carbons (Fsp3) is 0.219. The van der Waals surface area contributed by atoms with E-state index in [1.165, 1.54) is 11.1 Å². The van der Waals surface area contributed by atoms with Crippen LogP contribution < -0.4 is 0 Å². The average molecular weight is 462 g/mol. The van der Waals surface area contributed by atoms with Crippen LogP contribution in [0.5, 0.6) is 0 Å². The molecule has 3 heteroatoms. The minimum atomic E-state index is -0.471. The van der Waals surface area contributed by atoms with Crippen molar-refractivity contribution >= 4 is 5.97 Å². The van der Waals surface area contributed by atoms with Gasteiger partial charge in [0.2, 0.25) is 0 Å². The van der Waals surface area contributed by atoms with E-state index in [1.807, 2.05) is 72.8 Å². The molecule has 4 aromatic carbocycles. The Hall–Kier alpha value is -3.69. The van der Waals surface area contributed by atoms with Crippen molar-refractivity contribution < 1.29 is 9.53 Å². The number of ether oxygens (including phenoxy) is 1. The van der Waals surface area contributed by atoms with Gasteiger partial charge in [0.1, 0.15) is 12.0 Å². The Labute approximate surface area is 208 Å². The van der Waals surface area contributed by atoms with Crippen molar-refractivity contribution in [2.45, 2.75) is 23.9 Å². The first-order chi connectivity index (χ1) is 17.2. The molecule has 35 heavy (non-hydrogen) atoms. The Morgan fingerprint density at radius 2 is 1.17 bits per heavy atom. The molecule has 0 aromatic heterocycles. The second-order valence-corrected chi connectivity index (χ2v) is 9.41. The molecule has 1 fully saturated rings. The number of carbonyl (C=O) groups excluding carboxylic acids is 1. The van der Waals surface area contributed by atoms with E-state index in [0.717, 1.165) is 30.6 Å². The van der Waals surface area contributed by atoms with Crippen LogP contribution in [0.15, 0.2) is 121 Å². The largest absolute Gasteiger partial charge is 0.460 e. The smallest absolute Gasteiger partial charge is 0.318 e. The molecule has 0 aliphatic carbocycles. The molecule has 5 rings (SSSR count). The molecule has 1 aliphatic heterocycles. The maximum atomic E-state index is 14.0. The van der Waals surface area contributed by atoms with Gasteiger partial charge in [0, 0.05) is 13.1 Å². The monoisotopic (exact) mass is 461 g/mol. The van der Waals surface area contributed by atoms with E-state index in [-0.39, 0.29) is 12.1 Å². The Morgan fingerprint density at radius 3 is 1.63 bits per heavy atom. The number of likely N-dealkylation sites (tertiary alicyclic amines) is 1. The number of esters is 1. The summed E-state index contributed by atoms with van der Waals surface area (Å²) < 4.78 is 6.57. The quantitative estimate of drug-likeness (QED) is 0.327. The van der Waals surface area contributed by atoms with Crippen LogP contribution in [-0.4, -0.2) is 37.1 Å². The second-order valence-electron chi connectivity index (χ2n) is 9.41. The lowest BCUT2D eigenvalue weighted by Gasteiger charge is -2.47. The van der Waals surface area contributed by atoms with Gasteiger partial charge >= 0.3 is 5.97 Å². The molecular weight excluding hydrogens is 430 g/mol. The van der Waals surface area contributed by atoms with Crippen LogP contribution >= 0.6 is 0 Å². The van der Waals surface area contributed by atoms with Crippen LogP contribution in [0, 0.1) is 0 Å². The van der Waals surface area contributed by atoms with Crippen molar-refractivity contribution in [3.63, 3.8) is 0 Å². The molecule has 3 nitrogen and oxygen atoms in total. The third-order valence-electron chi connectivity index (χ3n) is 7.18.